The number of hydrogen-bond acceptors (Lipinski definition) is 3. The smallest absolute Gasteiger partial charge is 0.237 e. The summed E-state index contributed by atoms with van der Waals surface area (Å²) in [5.74, 6) is 0.224. The lowest BCUT2D eigenvalue weighted by Gasteiger charge is -2.37. The Balaban J connectivity index is 1.67. The molecule has 1 saturated carbocycles. The zero-order valence-corrected chi connectivity index (χ0v) is 14.2. The van der Waals surface area contributed by atoms with Crippen LogP contribution in [0.25, 0.3) is 0 Å². The second-order valence-electron chi connectivity index (χ2n) is 6.55. The van der Waals surface area contributed by atoms with Crippen molar-refractivity contribution >= 4 is 17.2 Å². The third-order valence-corrected chi connectivity index (χ3v) is 5.89. The largest absolute Gasteiger partial charge is 0.330 e. The van der Waals surface area contributed by atoms with Crippen molar-refractivity contribution in [3.63, 3.8) is 0 Å². The maximum atomic E-state index is 12.8. The van der Waals surface area contributed by atoms with E-state index in [0.29, 0.717) is 12.6 Å². The molecule has 120 valence electrons. The first-order valence-corrected chi connectivity index (χ1v) is 9.26. The fourth-order valence-electron chi connectivity index (χ4n) is 3.43. The third kappa shape index (κ3) is 2.93. The minimum Gasteiger partial charge on any atom is -0.330 e. The number of fused-ring (bicyclic) bond motifs is 1. The van der Waals surface area contributed by atoms with E-state index in [0.717, 1.165) is 13.0 Å². The van der Waals surface area contributed by atoms with Gasteiger partial charge in [0.1, 0.15) is 0 Å². The number of nitrogens with zero attached hydrogens (tertiary/aromatic N) is 1. The average Bonchev–Trinajstić information content (AvgIpc) is 3.27. The van der Waals surface area contributed by atoms with Crippen molar-refractivity contribution in [2.75, 3.05) is 13.1 Å². The average molecular weight is 326 g/mol. The van der Waals surface area contributed by atoms with Crippen LogP contribution in [0.3, 0.4) is 0 Å². The highest BCUT2D eigenvalue weighted by molar-refractivity contribution is 7.10. The fourth-order valence-corrected chi connectivity index (χ4v) is 4.34. The van der Waals surface area contributed by atoms with Gasteiger partial charge < -0.3 is 10.2 Å². The van der Waals surface area contributed by atoms with Gasteiger partial charge in [-0.2, -0.15) is 0 Å². The number of nitrogens with one attached hydrogen (secondary N) is 1. The van der Waals surface area contributed by atoms with E-state index in [4.69, 9.17) is 0 Å². The van der Waals surface area contributed by atoms with Crippen molar-refractivity contribution in [1.29, 1.82) is 0 Å². The van der Waals surface area contributed by atoms with Crippen LogP contribution in [-0.2, 0) is 11.2 Å². The van der Waals surface area contributed by atoms with Crippen LogP contribution in [0.1, 0.15) is 40.5 Å². The van der Waals surface area contributed by atoms with Crippen LogP contribution < -0.4 is 5.32 Å². The molecule has 0 radical (unpaired) electrons. The number of aryl methyl sites for hydroxylation is 1. The maximum Gasteiger partial charge on any atom is 0.237 e. The van der Waals surface area contributed by atoms with Gasteiger partial charge in [0.25, 0.3) is 0 Å². The van der Waals surface area contributed by atoms with Crippen LogP contribution in [0.4, 0.5) is 0 Å². The van der Waals surface area contributed by atoms with Gasteiger partial charge >= 0.3 is 0 Å². The number of rotatable bonds is 4. The Kier molecular flexibility index (Phi) is 3.95. The second kappa shape index (κ2) is 6.10. The molecule has 0 saturated heterocycles. The molecule has 0 spiro atoms. The summed E-state index contributed by atoms with van der Waals surface area (Å²) < 4.78 is 0. The molecule has 2 aromatic rings. The van der Waals surface area contributed by atoms with Crippen LogP contribution >= 0.6 is 11.3 Å². The summed E-state index contributed by atoms with van der Waals surface area (Å²) in [5, 5.41) is 5.53. The van der Waals surface area contributed by atoms with Gasteiger partial charge in [0.15, 0.2) is 0 Å². The minimum atomic E-state index is 0.0692. The van der Waals surface area contributed by atoms with Gasteiger partial charge in [-0.1, -0.05) is 24.3 Å². The van der Waals surface area contributed by atoms with Crippen molar-refractivity contribution in [1.82, 2.24) is 10.2 Å². The molecule has 1 aromatic carbocycles. The zero-order valence-electron chi connectivity index (χ0n) is 13.4. The van der Waals surface area contributed by atoms with E-state index in [1.807, 2.05) is 11.3 Å². The van der Waals surface area contributed by atoms with Crippen LogP contribution in [0.2, 0.25) is 0 Å². The second-order valence-corrected chi connectivity index (χ2v) is 7.55. The number of carbonyl (C=O) groups is 1. The lowest BCUT2D eigenvalue weighted by molar-refractivity contribution is -0.132. The van der Waals surface area contributed by atoms with Gasteiger partial charge in [-0.05, 0) is 54.3 Å². The highest BCUT2D eigenvalue weighted by atomic mass is 32.1. The van der Waals surface area contributed by atoms with Crippen molar-refractivity contribution in [2.24, 2.45) is 0 Å². The Morgan fingerprint density at radius 3 is 2.87 bits per heavy atom. The predicted octanol–water partition coefficient (Wildman–Crippen LogP) is 3.28. The molecule has 1 atom stereocenters. The van der Waals surface area contributed by atoms with Crippen molar-refractivity contribution in [2.45, 2.75) is 38.3 Å². The summed E-state index contributed by atoms with van der Waals surface area (Å²) in [6.07, 6.45) is 3.40. The van der Waals surface area contributed by atoms with E-state index in [2.05, 4.69) is 52.9 Å². The summed E-state index contributed by atoms with van der Waals surface area (Å²) >= 11 is 1.82. The standard InChI is InChI=1S/C19H22N2OS/c1-13-4-2-3-5-15(13)19-16-9-11-23-17(16)8-10-21(19)18(22)12-20-14-6-7-14/h2-5,9,11,14,19-20H,6-8,10,12H2,1H3/t19-/m0/s1. The van der Waals surface area contributed by atoms with Crippen LogP contribution in [0.5, 0.6) is 0 Å². The Hall–Kier alpha value is -1.65. The van der Waals surface area contributed by atoms with Gasteiger partial charge in [-0.15, -0.1) is 11.3 Å². The lowest BCUT2D eigenvalue weighted by Crippen LogP contribution is -2.44. The SMILES string of the molecule is Cc1ccccc1[C@H]1c2ccsc2CCN1C(=O)CNC1CC1. The van der Waals surface area contributed by atoms with E-state index in [1.165, 1.54) is 34.4 Å². The molecule has 3 nitrogen and oxygen atoms in total. The summed E-state index contributed by atoms with van der Waals surface area (Å²) in [7, 11) is 0. The molecule has 0 bridgehead atoms. The third-order valence-electron chi connectivity index (χ3n) is 4.89. The van der Waals surface area contributed by atoms with Crippen molar-refractivity contribution in [3.05, 3.63) is 57.3 Å². The van der Waals surface area contributed by atoms with Gasteiger partial charge in [-0.25, -0.2) is 0 Å². The fraction of sp³-hybridized carbons (Fsp3) is 0.421. The molecule has 23 heavy (non-hydrogen) atoms. The van der Waals surface area contributed by atoms with Gasteiger partial charge in [0.05, 0.1) is 12.6 Å². The molecule has 4 rings (SSSR count). The lowest BCUT2D eigenvalue weighted by atomic mass is 9.90. The predicted molar refractivity (Wildman–Crippen MR) is 93.8 cm³/mol. The van der Waals surface area contributed by atoms with E-state index < -0.39 is 0 Å². The molecular formula is C19H22N2OS. The molecule has 2 aliphatic rings. The Morgan fingerprint density at radius 1 is 1.26 bits per heavy atom. The van der Waals surface area contributed by atoms with E-state index >= 15 is 0 Å². The van der Waals surface area contributed by atoms with Crippen molar-refractivity contribution in [3.8, 4) is 0 Å². The molecule has 1 N–H and O–H groups in total. The zero-order chi connectivity index (χ0) is 15.8. The highest BCUT2D eigenvalue weighted by Gasteiger charge is 2.33. The van der Waals surface area contributed by atoms with Crippen LogP contribution in [0.15, 0.2) is 35.7 Å². The minimum absolute atomic E-state index is 0.0692. The maximum absolute atomic E-state index is 12.8. The summed E-state index contributed by atoms with van der Waals surface area (Å²) in [4.78, 5) is 16.3. The van der Waals surface area contributed by atoms with Gasteiger partial charge in [0, 0.05) is 17.5 Å². The Bertz CT molecular complexity index is 720. The topological polar surface area (TPSA) is 32.3 Å². The first-order valence-electron chi connectivity index (χ1n) is 8.38. The summed E-state index contributed by atoms with van der Waals surface area (Å²) in [6.45, 7) is 3.42. The van der Waals surface area contributed by atoms with Crippen LogP contribution in [-0.4, -0.2) is 29.9 Å². The monoisotopic (exact) mass is 326 g/mol. The quantitative estimate of drug-likeness (QED) is 0.935. The molecule has 1 fully saturated rings. The Morgan fingerprint density at radius 2 is 2.09 bits per heavy atom. The van der Waals surface area contributed by atoms with Crippen molar-refractivity contribution < 1.29 is 4.79 Å². The highest BCUT2D eigenvalue weighted by Crippen LogP contribution is 2.38. The molecule has 1 aromatic heterocycles. The van der Waals surface area contributed by atoms with Gasteiger partial charge in [-0.3, -0.25) is 4.79 Å². The number of amides is 1. The van der Waals surface area contributed by atoms with E-state index in [9.17, 15) is 4.79 Å². The summed E-state index contributed by atoms with van der Waals surface area (Å²) in [6, 6.07) is 11.3. The summed E-state index contributed by atoms with van der Waals surface area (Å²) in [5.41, 5.74) is 3.83. The molecule has 1 amide bonds. The molecule has 4 heteroatoms. The van der Waals surface area contributed by atoms with Crippen LogP contribution in [0, 0.1) is 6.92 Å². The first-order chi connectivity index (χ1) is 11.2. The number of hydrogen-bond donors (Lipinski definition) is 1. The first kappa shape index (κ1) is 14.9. The molecule has 1 aliphatic carbocycles. The normalized spacial score (nSPS) is 20.4. The Labute approximate surface area is 141 Å². The number of thiophene rings is 1. The number of benzene rings is 1. The molecule has 2 heterocycles. The number of carbonyl (C=O) groups excluding carboxylic acids is 1. The van der Waals surface area contributed by atoms with E-state index in [-0.39, 0.29) is 11.9 Å². The molecule has 1 aliphatic heterocycles. The van der Waals surface area contributed by atoms with E-state index in [1.54, 1.807) is 0 Å². The molecular weight excluding hydrogens is 304 g/mol. The molecule has 0 unspecified atom stereocenters. The van der Waals surface area contributed by atoms with Gasteiger partial charge in [0.2, 0.25) is 5.91 Å².